The summed E-state index contributed by atoms with van der Waals surface area (Å²) in [5, 5.41) is 17.0. The number of benzene rings is 2. The first-order valence-corrected chi connectivity index (χ1v) is 9.25. The number of anilines is 1. The first-order valence-electron chi connectivity index (χ1n) is 8.43. The quantitative estimate of drug-likeness (QED) is 0.507. The molecule has 2 heterocycles. The summed E-state index contributed by atoms with van der Waals surface area (Å²) in [5.74, 6) is 0.232. The molecule has 7 nitrogen and oxygen atoms in total. The normalized spacial score (nSPS) is 11.0. The van der Waals surface area contributed by atoms with Gasteiger partial charge in [-0.1, -0.05) is 29.0 Å². The summed E-state index contributed by atoms with van der Waals surface area (Å²) >= 11 is 0.628. The molecular formula is C19H13F2N5O2S. The number of rotatable bonds is 5. The van der Waals surface area contributed by atoms with Gasteiger partial charge in [-0.15, -0.1) is 20.4 Å². The second-order valence-corrected chi connectivity index (χ2v) is 7.07. The number of nitrogens with zero attached hydrogens (tertiary/aromatic N) is 4. The molecule has 0 aliphatic carbocycles. The molecule has 0 saturated carbocycles. The number of hydrogen-bond donors (Lipinski definition) is 1. The number of aromatic nitrogens is 4. The fraction of sp³-hybridized carbons (Fsp3) is 0.105. The van der Waals surface area contributed by atoms with Gasteiger partial charge in [0.25, 0.3) is 12.3 Å². The van der Waals surface area contributed by atoms with Crippen LogP contribution in [-0.2, 0) is 0 Å². The molecular weight excluding hydrogens is 400 g/mol. The van der Waals surface area contributed by atoms with Crippen LogP contribution in [0.3, 0.4) is 0 Å². The molecule has 1 amide bonds. The van der Waals surface area contributed by atoms with Crippen molar-refractivity contribution >= 4 is 22.4 Å². The Labute approximate surface area is 167 Å². The van der Waals surface area contributed by atoms with Crippen LogP contribution in [0.5, 0.6) is 0 Å². The predicted octanol–water partition coefficient (Wildman–Crippen LogP) is 4.75. The minimum absolute atomic E-state index is 0.00840. The smallest absolute Gasteiger partial charge is 0.291 e. The Bertz CT molecular complexity index is 1160. The van der Waals surface area contributed by atoms with Crippen molar-refractivity contribution in [2.75, 3.05) is 5.32 Å². The number of alkyl halides is 2. The molecule has 0 aliphatic rings. The molecule has 1 N–H and O–H groups in total. The van der Waals surface area contributed by atoms with Gasteiger partial charge in [0.2, 0.25) is 16.9 Å². The van der Waals surface area contributed by atoms with Gasteiger partial charge in [-0.2, -0.15) is 0 Å². The van der Waals surface area contributed by atoms with Crippen molar-refractivity contribution in [2.45, 2.75) is 13.3 Å². The molecule has 0 aliphatic heterocycles. The zero-order valence-electron chi connectivity index (χ0n) is 15.0. The first-order chi connectivity index (χ1) is 14.0. The van der Waals surface area contributed by atoms with Crippen molar-refractivity contribution in [2.24, 2.45) is 0 Å². The van der Waals surface area contributed by atoms with Crippen LogP contribution in [0.1, 0.15) is 27.4 Å². The van der Waals surface area contributed by atoms with Crippen molar-refractivity contribution < 1.29 is 18.0 Å². The maximum absolute atomic E-state index is 12.6. The van der Waals surface area contributed by atoms with Crippen LogP contribution < -0.4 is 5.32 Å². The molecule has 2 aromatic carbocycles. The van der Waals surface area contributed by atoms with Crippen LogP contribution in [0.2, 0.25) is 0 Å². The van der Waals surface area contributed by atoms with Gasteiger partial charge in [-0.25, -0.2) is 8.78 Å². The maximum Gasteiger partial charge on any atom is 0.291 e. The third kappa shape index (κ3) is 4.16. The lowest BCUT2D eigenvalue weighted by Crippen LogP contribution is -2.11. The molecule has 0 atom stereocenters. The van der Waals surface area contributed by atoms with E-state index >= 15 is 0 Å². The van der Waals surface area contributed by atoms with E-state index in [0.717, 1.165) is 11.1 Å². The number of carbonyl (C=O) groups excluding carboxylic acids is 1. The molecule has 0 saturated heterocycles. The maximum atomic E-state index is 12.6. The fourth-order valence-corrected chi connectivity index (χ4v) is 3.14. The summed E-state index contributed by atoms with van der Waals surface area (Å²) in [7, 11) is 0. The summed E-state index contributed by atoms with van der Waals surface area (Å²) in [6.45, 7) is 1.97. The van der Waals surface area contributed by atoms with Gasteiger partial charge in [0.1, 0.15) is 0 Å². The van der Waals surface area contributed by atoms with E-state index < -0.39 is 17.3 Å². The van der Waals surface area contributed by atoms with E-state index in [2.05, 4.69) is 25.7 Å². The molecule has 0 radical (unpaired) electrons. The molecule has 146 valence electrons. The van der Waals surface area contributed by atoms with Crippen LogP contribution in [0.15, 0.2) is 52.9 Å². The molecule has 29 heavy (non-hydrogen) atoms. The van der Waals surface area contributed by atoms with Crippen LogP contribution >= 0.6 is 11.3 Å². The number of nitrogens with one attached hydrogen (secondary N) is 1. The first kappa shape index (κ1) is 18.8. The average Bonchev–Trinajstić information content (AvgIpc) is 3.38. The zero-order chi connectivity index (χ0) is 20.4. The highest BCUT2D eigenvalue weighted by molar-refractivity contribution is 7.15. The monoisotopic (exact) mass is 413 g/mol. The molecule has 4 rings (SSSR count). The van der Waals surface area contributed by atoms with E-state index in [9.17, 15) is 13.6 Å². The van der Waals surface area contributed by atoms with E-state index in [1.807, 2.05) is 31.2 Å². The van der Waals surface area contributed by atoms with Gasteiger partial charge < -0.3 is 4.42 Å². The molecule has 0 fully saturated rings. The standard InChI is InChI=1S/C19H13F2N5O2S/c1-10-3-2-4-13(9-10)17-24-23-16(28-17)12-7-5-11(6-8-12)15(27)22-19-26-25-18(29-19)14(20)21/h2-9,14H,1H3,(H,22,26,27). The van der Waals surface area contributed by atoms with Crippen molar-refractivity contribution in [3.63, 3.8) is 0 Å². The van der Waals surface area contributed by atoms with E-state index in [4.69, 9.17) is 4.42 Å². The minimum Gasteiger partial charge on any atom is -0.416 e. The number of amides is 1. The molecule has 4 aromatic rings. The fourth-order valence-electron chi connectivity index (χ4n) is 2.54. The van der Waals surface area contributed by atoms with E-state index in [0.29, 0.717) is 34.2 Å². The lowest BCUT2D eigenvalue weighted by atomic mass is 10.1. The number of hydrogen-bond acceptors (Lipinski definition) is 7. The van der Waals surface area contributed by atoms with Crippen molar-refractivity contribution in [3.05, 3.63) is 64.7 Å². The minimum atomic E-state index is -2.73. The Morgan fingerprint density at radius 1 is 1.00 bits per heavy atom. The van der Waals surface area contributed by atoms with Crippen LogP contribution in [0.4, 0.5) is 13.9 Å². The summed E-state index contributed by atoms with van der Waals surface area (Å²) < 4.78 is 30.8. The van der Waals surface area contributed by atoms with E-state index in [1.54, 1.807) is 24.3 Å². The third-order valence-corrected chi connectivity index (χ3v) is 4.78. The third-order valence-electron chi connectivity index (χ3n) is 3.93. The zero-order valence-corrected chi connectivity index (χ0v) is 15.8. The molecule has 0 spiro atoms. The Balaban J connectivity index is 1.48. The highest BCUT2D eigenvalue weighted by Gasteiger charge is 2.16. The lowest BCUT2D eigenvalue weighted by molar-refractivity contribution is 0.102. The predicted molar refractivity (Wildman–Crippen MR) is 103 cm³/mol. The van der Waals surface area contributed by atoms with Gasteiger partial charge in [0.15, 0.2) is 5.01 Å². The Morgan fingerprint density at radius 3 is 2.38 bits per heavy atom. The van der Waals surface area contributed by atoms with Crippen LogP contribution in [0, 0.1) is 6.92 Å². The Hall–Kier alpha value is -3.53. The van der Waals surface area contributed by atoms with Gasteiger partial charge in [-0.3, -0.25) is 10.1 Å². The molecule has 0 bridgehead atoms. The molecule has 10 heteroatoms. The number of carbonyl (C=O) groups is 1. The number of aryl methyl sites for hydroxylation is 1. The van der Waals surface area contributed by atoms with Gasteiger partial charge >= 0.3 is 0 Å². The van der Waals surface area contributed by atoms with Crippen molar-refractivity contribution in [1.29, 1.82) is 0 Å². The highest BCUT2D eigenvalue weighted by Crippen LogP contribution is 2.27. The molecule has 0 unspecified atom stereocenters. The Kier molecular flexibility index (Phi) is 5.09. The average molecular weight is 413 g/mol. The summed E-state index contributed by atoms with van der Waals surface area (Å²) in [6.07, 6.45) is -2.73. The summed E-state index contributed by atoms with van der Waals surface area (Å²) in [5.41, 5.74) is 2.86. The summed E-state index contributed by atoms with van der Waals surface area (Å²) in [4.78, 5) is 12.3. The van der Waals surface area contributed by atoms with E-state index in [-0.39, 0.29) is 5.13 Å². The van der Waals surface area contributed by atoms with Gasteiger partial charge in [0.05, 0.1) is 0 Å². The van der Waals surface area contributed by atoms with Crippen molar-refractivity contribution in [3.8, 4) is 22.9 Å². The summed E-state index contributed by atoms with van der Waals surface area (Å²) in [6, 6.07) is 14.2. The topological polar surface area (TPSA) is 93.8 Å². The van der Waals surface area contributed by atoms with Crippen LogP contribution in [0.25, 0.3) is 22.9 Å². The van der Waals surface area contributed by atoms with Crippen LogP contribution in [-0.4, -0.2) is 26.3 Å². The largest absolute Gasteiger partial charge is 0.416 e. The lowest BCUT2D eigenvalue weighted by Gasteiger charge is -2.02. The van der Waals surface area contributed by atoms with Gasteiger partial charge in [0, 0.05) is 16.7 Å². The second-order valence-electron chi connectivity index (χ2n) is 6.06. The van der Waals surface area contributed by atoms with E-state index in [1.165, 1.54) is 0 Å². The molecule has 2 aromatic heterocycles. The second kappa shape index (κ2) is 7.84. The Morgan fingerprint density at radius 2 is 1.72 bits per heavy atom. The SMILES string of the molecule is Cc1cccc(-c2nnc(-c3ccc(C(=O)Nc4nnc(C(F)F)s4)cc3)o2)c1. The van der Waals surface area contributed by atoms with Gasteiger partial charge in [-0.05, 0) is 43.3 Å². The number of halogens is 2. The van der Waals surface area contributed by atoms with Crippen molar-refractivity contribution in [1.82, 2.24) is 20.4 Å². The highest BCUT2D eigenvalue weighted by atomic mass is 32.1.